The van der Waals surface area contributed by atoms with Gasteiger partial charge in [0.1, 0.15) is 4.21 Å². The Hall–Kier alpha value is -3.49. The second kappa shape index (κ2) is 10.5. The van der Waals surface area contributed by atoms with Crippen LogP contribution in [0.2, 0.25) is 5.02 Å². The zero-order valence-corrected chi connectivity index (χ0v) is 21.3. The minimum Gasteiger partial charge on any atom is -0.341 e. The van der Waals surface area contributed by atoms with E-state index in [1.165, 1.54) is 13.0 Å². The van der Waals surface area contributed by atoms with Crippen LogP contribution in [-0.4, -0.2) is 34.9 Å². The van der Waals surface area contributed by atoms with Crippen molar-refractivity contribution in [3.63, 3.8) is 0 Å². The summed E-state index contributed by atoms with van der Waals surface area (Å²) in [7, 11) is -4.36. The summed E-state index contributed by atoms with van der Waals surface area (Å²) < 4.78 is 67.1. The number of hydrogen-bond donors (Lipinski definition) is 3. The minimum atomic E-state index is -4.69. The molecule has 0 spiro atoms. The van der Waals surface area contributed by atoms with Gasteiger partial charge in [0.05, 0.1) is 27.2 Å². The highest BCUT2D eigenvalue weighted by molar-refractivity contribution is 7.94. The lowest BCUT2D eigenvalue weighted by Crippen LogP contribution is -2.30. The zero-order valence-electron chi connectivity index (χ0n) is 18.9. The van der Waals surface area contributed by atoms with E-state index < -0.39 is 39.4 Å². The van der Waals surface area contributed by atoms with Crippen LogP contribution in [0, 0.1) is 6.92 Å². The van der Waals surface area contributed by atoms with Crippen molar-refractivity contribution in [1.29, 1.82) is 0 Å². The predicted octanol–water partition coefficient (Wildman–Crippen LogP) is 4.76. The molecule has 4 aromatic rings. The number of benzene rings is 2. The molecule has 194 valence electrons. The molecule has 0 radical (unpaired) electrons. The molecule has 2 aromatic carbocycles. The number of hydrogen-bond acceptors (Lipinski definition) is 7. The topological polar surface area (TPSA) is 130 Å². The Morgan fingerprint density at radius 3 is 2.54 bits per heavy atom. The molecule has 15 heteroatoms. The number of carbonyl (C=O) groups excluding carboxylic acids is 1. The maximum atomic E-state index is 13.1. The maximum Gasteiger partial charge on any atom is 0.416 e. The molecule has 1 atom stereocenters. The van der Waals surface area contributed by atoms with Crippen molar-refractivity contribution in [3.8, 4) is 0 Å². The van der Waals surface area contributed by atoms with Crippen LogP contribution in [-0.2, 0) is 22.6 Å². The molecule has 3 N–H and O–H groups in total. The average molecular weight is 571 g/mol. The number of rotatable bonds is 8. The van der Waals surface area contributed by atoms with Crippen LogP contribution in [0.1, 0.15) is 38.2 Å². The molecule has 4 rings (SSSR count). The predicted molar refractivity (Wildman–Crippen MR) is 131 cm³/mol. The molecule has 1 amide bonds. The highest BCUT2D eigenvalue weighted by Gasteiger charge is 2.32. The van der Waals surface area contributed by atoms with Crippen LogP contribution in [0.5, 0.6) is 0 Å². The third-order valence-corrected chi connectivity index (χ3v) is 8.71. The lowest BCUT2D eigenvalue weighted by atomic mass is 10.1. The van der Waals surface area contributed by atoms with Gasteiger partial charge in [-0.15, -0.1) is 21.5 Å². The molecular formula is C22H18ClF3N6O3S2. The van der Waals surface area contributed by atoms with Crippen LogP contribution >= 0.6 is 22.9 Å². The van der Waals surface area contributed by atoms with Crippen LogP contribution in [0.4, 0.5) is 18.9 Å². The summed E-state index contributed by atoms with van der Waals surface area (Å²) in [6.45, 7) is 1.47. The highest BCUT2D eigenvalue weighted by atomic mass is 35.5. The van der Waals surface area contributed by atoms with Crippen LogP contribution in [0.3, 0.4) is 0 Å². The second-order valence-corrected chi connectivity index (χ2v) is 11.2. The number of aryl methyl sites for hydroxylation is 1. The fourth-order valence-electron chi connectivity index (χ4n) is 3.42. The Labute approximate surface area is 218 Å². The van der Waals surface area contributed by atoms with Gasteiger partial charge in [-0.2, -0.15) is 18.4 Å². The molecule has 9 nitrogen and oxygen atoms in total. The maximum absolute atomic E-state index is 13.1. The first-order chi connectivity index (χ1) is 17.4. The van der Waals surface area contributed by atoms with Gasteiger partial charge in [0.15, 0.2) is 5.82 Å². The van der Waals surface area contributed by atoms with E-state index in [0.29, 0.717) is 23.8 Å². The molecule has 0 saturated carbocycles. The number of nitrogens with zero attached hydrogens (tertiary/aromatic N) is 3. The van der Waals surface area contributed by atoms with Crippen molar-refractivity contribution in [3.05, 3.63) is 87.0 Å². The molecule has 0 fully saturated rings. The first-order valence-corrected chi connectivity index (χ1v) is 13.2. The van der Waals surface area contributed by atoms with Crippen LogP contribution in [0.15, 0.2) is 58.8 Å². The number of alkyl halides is 3. The number of aromatic nitrogens is 4. The van der Waals surface area contributed by atoms with Crippen LogP contribution < -0.4 is 10.0 Å². The number of thiophene rings is 1. The quantitative estimate of drug-likeness (QED) is 0.280. The smallest absolute Gasteiger partial charge is 0.341 e. The number of amides is 1. The number of aromatic amines is 1. The largest absolute Gasteiger partial charge is 0.416 e. The van der Waals surface area contributed by atoms with Gasteiger partial charge in [-0.25, -0.2) is 8.42 Å². The fourth-order valence-corrected chi connectivity index (χ4v) is 6.31. The Kier molecular flexibility index (Phi) is 7.52. The summed E-state index contributed by atoms with van der Waals surface area (Å²) >= 11 is 6.60. The van der Waals surface area contributed by atoms with Crippen molar-refractivity contribution in [2.45, 2.75) is 29.8 Å². The van der Waals surface area contributed by atoms with E-state index in [2.05, 4.69) is 30.7 Å². The molecule has 2 heterocycles. The van der Waals surface area contributed by atoms with Gasteiger partial charge in [0, 0.05) is 6.42 Å². The Balaban J connectivity index is 1.57. The SMILES string of the molecule is Cc1cc(C(=O)N[C@H](Cc2ccccc2)c2nn[nH]n2)sc1S(=O)(=O)Nc1cc(C(F)(F)F)ccc1Cl. The van der Waals surface area contributed by atoms with E-state index in [0.717, 1.165) is 17.7 Å². The monoisotopic (exact) mass is 570 g/mol. The lowest BCUT2D eigenvalue weighted by molar-refractivity contribution is -0.137. The van der Waals surface area contributed by atoms with Crippen LogP contribution in [0.25, 0.3) is 0 Å². The number of anilines is 1. The summed E-state index contributed by atoms with van der Waals surface area (Å²) in [6.07, 6.45) is -4.35. The summed E-state index contributed by atoms with van der Waals surface area (Å²) in [6, 6.07) is 12.3. The van der Waals surface area contributed by atoms with Gasteiger partial charge in [0.25, 0.3) is 15.9 Å². The number of tetrazole rings is 1. The summed E-state index contributed by atoms with van der Waals surface area (Å²) in [5.74, 6) is -0.350. The van der Waals surface area contributed by atoms with Gasteiger partial charge in [-0.05, 0) is 42.3 Å². The summed E-state index contributed by atoms with van der Waals surface area (Å²) in [5, 5.41) is 16.3. The van der Waals surface area contributed by atoms with Crippen molar-refractivity contribution in [1.82, 2.24) is 25.9 Å². The number of H-pyrrole nitrogens is 1. The Bertz CT molecular complexity index is 1510. The minimum absolute atomic E-state index is 0.0644. The van der Waals surface area contributed by atoms with Gasteiger partial charge >= 0.3 is 6.18 Å². The Morgan fingerprint density at radius 2 is 1.89 bits per heavy atom. The number of halogens is 4. The van der Waals surface area contributed by atoms with E-state index in [-0.39, 0.29) is 25.5 Å². The molecule has 0 saturated heterocycles. The number of nitrogens with one attached hydrogen (secondary N) is 3. The first kappa shape index (κ1) is 26.6. The molecular weight excluding hydrogens is 553 g/mol. The molecule has 0 aliphatic rings. The first-order valence-electron chi connectivity index (χ1n) is 10.5. The van der Waals surface area contributed by atoms with E-state index in [1.807, 2.05) is 30.3 Å². The number of sulfonamides is 1. The molecule has 0 bridgehead atoms. The van der Waals surface area contributed by atoms with Gasteiger partial charge < -0.3 is 5.32 Å². The zero-order chi connectivity index (χ0) is 26.8. The van der Waals surface area contributed by atoms with Gasteiger partial charge in [-0.1, -0.05) is 47.1 Å². The summed E-state index contributed by atoms with van der Waals surface area (Å²) in [4.78, 5) is 13.1. The molecule has 0 aliphatic heterocycles. The van der Waals surface area contributed by atoms with Crippen molar-refractivity contribution in [2.24, 2.45) is 0 Å². The van der Waals surface area contributed by atoms with E-state index in [1.54, 1.807) is 0 Å². The average Bonchev–Trinajstić information content (AvgIpc) is 3.50. The van der Waals surface area contributed by atoms with Crippen molar-refractivity contribution >= 4 is 44.6 Å². The second-order valence-electron chi connectivity index (χ2n) is 7.86. The molecule has 2 aromatic heterocycles. The molecule has 0 unspecified atom stereocenters. The fraction of sp³-hybridized carbons (Fsp3) is 0.182. The van der Waals surface area contributed by atoms with E-state index >= 15 is 0 Å². The standard InChI is InChI=1S/C22H18ClF3N6O3S2/c1-12-9-18(20(33)27-17(19-28-31-32-29-19)10-13-5-3-2-4-6-13)36-21(12)37(34,35)30-16-11-14(22(24,25)26)7-8-15(16)23/h2-9,11,17,30H,10H2,1H3,(H,27,33)(H,28,29,31,32)/t17-/m1/s1. The molecule has 37 heavy (non-hydrogen) atoms. The third-order valence-electron chi connectivity index (χ3n) is 5.14. The van der Waals surface area contributed by atoms with E-state index in [9.17, 15) is 26.4 Å². The van der Waals surface area contributed by atoms with Gasteiger partial charge in [0.2, 0.25) is 0 Å². The third kappa shape index (κ3) is 6.26. The van der Waals surface area contributed by atoms with Crippen molar-refractivity contribution in [2.75, 3.05) is 4.72 Å². The Morgan fingerprint density at radius 1 is 1.16 bits per heavy atom. The van der Waals surface area contributed by atoms with Crippen molar-refractivity contribution < 1.29 is 26.4 Å². The van der Waals surface area contributed by atoms with Gasteiger partial charge in [-0.3, -0.25) is 9.52 Å². The summed E-state index contributed by atoms with van der Waals surface area (Å²) in [5.41, 5.74) is -0.380. The molecule has 0 aliphatic carbocycles. The lowest BCUT2D eigenvalue weighted by Gasteiger charge is -2.15. The normalized spacial score (nSPS) is 12.8. The highest BCUT2D eigenvalue weighted by Crippen LogP contribution is 2.36. The number of carbonyl (C=O) groups is 1. The van der Waals surface area contributed by atoms with E-state index in [4.69, 9.17) is 11.6 Å².